The van der Waals surface area contributed by atoms with Gasteiger partial charge in [-0.2, -0.15) is 0 Å². The molecule has 0 amide bonds. The fraction of sp³-hybridized carbons (Fsp3) is 0.526. The Morgan fingerprint density at radius 1 is 0.923 bits per heavy atom. The summed E-state index contributed by atoms with van der Waals surface area (Å²) < 4.78 is 9.89. The van der Waals surface area contributed by atoms with Crippen molar-refractivity contribution in [2.75, 3.05) is 0 Å². The Morgan fingerprint density at radius 2 is 1.62 bits per heavy atom. The summed E-state index contributed by atoms with van der Waals surface area (Å²) in [4.78, 5) is 44.7. The molecule has 1 rings (SSSR count). The van der Waals surface area contributed by atoms with E-state index in [9.17, 15) is 14.4 Å². The third-order valence-electron chi connectivity index (χ3n) is 3.36. The number of rotatable bonds is 9. The Kier molecular flexibility index (Phi) is 9.82. The minimum absolute atomic E-state index is 0.236. The number of unbranched alkanes of at least 4 members (excludes halogenated alkanes) is 3. The number of hydrogen-bond acceptors (Lipinski definition) is 7. The van der Waals surface area contributed by atoms with Crippen LogP contribution >= 0.6 is 0 Å². The summed E-state index contributed by atoms with van der Waals surface area (Å²) in [6.07, 6.45) is 1.29. The van der Waals surface area contributed by atoms with Crippen molar-refractivity contribution >= 4 is 18.1 Å². The second-order valence-corrected chi connectivity index (χ2v) is 6.01. The fourth-order valence-electron chi connectivity index (χ4n) is 2.07. The molecule has 0 aromatic heterocycles. The molecule has 0 fully saturated rings. The summed E-state index contributed by atoms with van der Waals surface area (Å²) in [5.74, 6) is -1.76. The van der Waals surface area contributed by atoms with Gasteiger partial charge in [0, 0.05) is 0 Å². The molecule has 0 bridgehead atoms. The molecular weight excluding hydrogens is 340 g/mol. The second kappa shape index (κ2) is 11.9. The first kappa shape index (κ1) is 21.5. The Labute approximate surface area is 153 Å². The molecule has 26 heavy (non-hydrogen) atoms. The van der Waals surface area contributed by atoms with Gasteiger partial charge in [0.25, 0.3) is 0 Å². The van der Waals surface area contributed by atoms with Gasteiger partial charge in [-0.3, -0.25) is 0 Å². The number of carbonyl (C=O) groups is 3. The van der Waals surface area contributed by atoms with Gasteiger partial charge >= 0.3 is 18.1 Å². The maximum Gasteiger partial charge on any atom is 0.509 e. The molecule has 0 radical (unpaired) electrons. The lowest BCUT2D eigenvalue weighted by Gasteiger charge is -2.16. The molecule has 0 saturated carbocycles. The summed E-state index contributed by atoms with van der Waals surface area (Å²) in [5, 5.41) is 0. The standard InChI is InChI=1S/C19H26O7/c1-4-5-6-10-13-16(24-19(22)23-14(2)3)18(21)26-25-17(20)15-11-8-7-9-12-15/h7-9,11-12,14,16H,4-6,10,13H2,1-3H3. The molecule has 1 atom stereocenters. The van der Waals surface area contributed by atoms with Gasteiger partial charge in [0.2, 0.25) is 6.10 Å². The third kappa shape index (κ3) is 8.50. The monoisotopic (exact) mass is 366 g/mol. The van der Waals surface area contributed by atoms with Gasteiger partial charge in [-0.25, -0.2) is 24.2 Å². The zero-order valence-electron chi connectivity index (χ0n) is 15.4. The van der Waals surface area contributed by atoms with Crippen molar-refractivity contribution in [3.05, 3.63) is 35.9 Å². The van der Waals surface area contributed by atoms with Gasteiger partial charge in [-0.05, 0) is 38.8 Å². The van der Waals surface area contributed by atoms with E-state index in [4.69, 9.17) is 9.47 Å². The van der Waals surface area contributed by atoms with Crippen LogP contribution < -0.4 is 0 Å². The van der Waals surface area contributed by atoms with E-state index in [1.807, 2.05) is 0 Å². The van der Waals surface area contributed by atoms with Crippen LogP contribution in [0, 0.1) is 0 Å². The molecule has 0 heterocycles. The average Bonchev–Trinajstić information content (AvgIpc) is 2.62. The van der Waals surface area contributed by atoms with Gasteiger partial charge in [0.1, 0.15) is 0 Å². The van der Waals surface area contributed by atoms with Crippen molar-refractivity contribution in [3.63, 3.8) is 0 Å². The topological polar surface area (TPSA) is 88.1 Å². The number of ether oxygens (including phenoxy) is 2. The molecule has 0 N–H and O–H groups in total. The molecule has 144 valence electrons. The highest BCUT2D eigenvalue weighted by Gasteiger charge is 2.28. The average molecular weight is 366 g/mol. The largest absolute Gasteiger partial charge is 0.509 e. The van der Waals surface area contributed by atoms with Gasteiger partial charge in [-0.15, -0.1) is 0 Å². The van der Waals surface area contributed by atoms with Crippen molar-refractivity contribution in [1.82, 2.24) is 0 Å². The highest BCUT2D eigenvalue weighted by atomic mass is 17.2. The Hall–Kier alpha value is -2.57. The van der Waals surface area contributed by atoms with Crippen molar-refractivity contribution in [1.29, 1.82) is 0 Å². The van der Waals surface area contributed by atoms with Crippen molar-refractivity contribution in [3.8, 4) is 0 Å². The van der Waals surface area contributed by atoms with Crippen LogP contribution in [0.15, 0.2) is 30.3 Å². The lowest BCUT2D eigenvalue weighted by atomic mass is 10.1. The summed E-state index contributed by atoms with van der Waals surface area (Å²) in [6.45, 7) is 5.39. The molecular formula is C19H26O7. The SMILES string of the molecule is CCCCCCC(OC(=O)OC(C)C)C(=O)OOC(=O)c1ccccc1. The highest BCUT2D eigenvalue weighted by Crippen LogP contribution is 2.12. The van der Waals surface area contributed by atoms with Crippen LogP contribution in [-0.2, 0) is 24.0 Å². The Bertz CT molecular complexity index is 569. The molecule has 7 heteroatoms. The first-order valence-corrected chi connectivity index (χ1v) is 8.79. The van der Waals surface area contributed by atoms with E-state index in [0.717, 1.165) is 19.3 Å². The normalized spacial score (nSPS) is 11.5. The molecule has 0 spiro atoms. The Balaban J connectivity index is 2.57. The van der Waals surface area contributed by atoms with E-state index >= 15 is 0 Å². The van der Waals surface area contributed by atoms with Crippen LogP contribution in [0.5, 0.6) is 0 Å². The molecule has 1 aromatic rings. The molecule has 1 unspecified atom stereocenters. The molecule has 0 aliphatic heterocycles. The van der Waals surface area contributed by atoms with Gasteiger partial charge in [-0.1, -0.05) is 44.4 Å². The predicted molar refractivity (Wildman–Crippen MR) is 93.2 cm³/mol. The van der Waals surface area contributed by atoms with Crippen LogP contribution in [0.4, 0.5) is 4.79 Å². The summed E-state index contributed by atoms with van der Waals surface area (Å²) in [7, 11) is 0. The summed E-state index contributed by atoms with van der Waals surface area (Å²) in [5.41, 5.74) is 0.236. The number of benzene rings is 1. The van der Waals surface area contributed by atoms with E-state index in [-0.39, 0.29) is 18.1 Å². The van der Waals surface area contributed by atoms with Crippen molar-refractivity contribution in [2.45, 2.75) is 65.1 Å². The maximum absolute atomic E-state index is 12.1. The van der Waals surface area contributed by atoms with E-state index in [1.165, 1.54) is 12.1 Å². The van der Waals surface area contributed by atoms with Gasteiger partial charge in [0.05, 0.1) is 11.7 Å². The summed E-state index contributed by atoms with van der Waals surface area (Å²) in [6, 6.07) is 8.09. The zero-order chi connectivity index (χ0) is 19.4. The molecule has 7 nitrogen and oxygen atoms in total. The van der Waals surface area contributed by atoms with Crippen LogP contribution in [0.2, 0.25) is 0 Å². The first-order valence-electron chi connectivity index (χ1n) is 8.79. The summed E-state index contributed by atoms with van der Waals surface area (Å²) >= 11 is 0. The van der Waals surface area contributed by atoms with Crippen LogP contribution in [0.1, 0.15) is 63.2 Å². The van der Waals surface area contributed by atoms with Crippen LogP contribution in [-0.4, -0.2) is 30.3 Å². The smallest absolute Gasteiger partial charge is 0.432 e. The minimum Gasteiger partial charge on any atom is -0.432 e. The van der Waals surface area contributed by atoms with Crippen molar-refractivity contribution in [2.24, 2.45) is 0 Å². The fourth-order valence-corrected chi connectivity index (χ4v) is 2.07. The molecule has 0 aliphatic rings. The predicted octanol–water partition coefficient (Wildman–Crippen LogP) is 4.20. The van der Waals surface area contributed by atoms with Gasteiger partial charge < -0.3 is 9.47 Å². The molecule has 0 saturated heterocycles. The quantitative estimate of drug-likeness (QED) is 0.280. The van der Waals surface area contributed by atoms with Crippen LogP contribution in [0.3, 0.4) is 0 Å². The highest BCUT2D eigenvalue weighted by molar-refractivity contribution is 5.89. The number of carbonyl (C=O) groups excluding carboxylic acids is 3. The second-order valence-electron chi connectivity index (χ2n) is 6.01. The first-order chi connectivity index (χ1) is 12.4. The van der Waals surface area contributed by atoms with E-state index in [1.54, 1.807) is 32.0 Å². The van der Waals surface area contributed by atoms with E-state index in [0.29, 0.717) is 6.42 Å². The third-order valence-corrected chi connectivity index (χ3v) is 3.36. The van der Waals surface area contributed by atoms with E-state index < -0.39 is 24.2 Å². The molecule has 1 aromatic carbocycles. The van der Waals surface area contributed by atoms with E-state index in [2.05, 4.69) is 16.7 Å². The lowest BCUT2D eigenvalue weighted by molar-refractivity contribution is -0.242. The van der Waals surface area contributed by atoms with Crippen LogP contribution in [0.25, 0.3) is 0 Å². The zero-order valence-corrected chi connectivity index (χ0v) is 15.4. The molecule has 0 aliphatic carbocycles. The van der Waals surface area contributed by atoms with Gasteiger partial charge in [0.15, 0.2) is 0 Å². The lowest BCUT2D eigenvalue weighted by Crippen LogP contribution is -2.31. The maximum atomic E-state index is 12.1. The Morgan fingerprint density at radius 3 is 2.23 bits per heavy atom. The number of hydrogen-bond donors (Lipinski definition) is 0. The van der Waals surface area contributed by atoms with Crippen molar-refractivity contribution < 1.29 is 33.6 Å². The minimum atomic E-state index is -1.19.